The van der Waals surface area contributed by atoms with E-state index in [-0.39, 0.29) is 23.4 Å². The van der Waals surface area contributed by atoms with Crippen LogP contribution in [-0.4, -0.2) is 10.9 Å². The number of nitrogens with zero attached hydrogens (tertiary/aromatic N) is 1. The zero-order valence-electron chi connectivity index (χ0n) is 10.3. The molecule has 0 radical (unpaired) electrons. The highest BCUT2D eigenvalue weighted by molar-refractivity contribution is 6.29. The van der Waals surface area contributed by atoms with Crippen molar-refractivity contribution in [2.24, 2.45) is 0 Å². The van der Waals surface area contributed by atoms with E-state index in [1.807, 2.05) is 0 Å². The molecule has 5 heteroatoms. The van der Waals surface area contributed by atoms with Gasteiger partial charge in [0.25, 0.3) is 5.91 Å². The number of hydrogen-bond donors (Lipinski definition) is 1. The highest BCUT2D eigenvalue weighted by Gasteiger charge is 2.06. The van der Waals surface area contributed by atoms with Gasteiger partial charge in [-0.3, -0.25) is 4.79 Å². The van der Waals surface area contributed by atoms with Crippen molar-refractivity contribution in [3.63, 3.8) is 0 Å². The lowest BCUT2D eigenvalue weighted by Crippen LogP contribution is -2.22. The van der Waals surface area contributed by atoms with Crippen LogP contribution in [0.3, 0.4) is 0 Å². The number of rotatable bonds is 3. The number of hydrogen-bond acceptors (Lipinski definition) is 2. The topological polar surface area (TPSA) is 42.0 Å². The van der Waals surface area contributed by atoms with E-state index in [2.05, 4.69) is 10.3 Å². The fraction of sp³-hybridized carbons (Fsp3) is 0.143. The smallest absolute Gasteiger partial charge is 0.251 e. The summed E-state index contributed by atoms with van der Waals surface area (Å²) < 4.78 is 13.3. The van der Waals surface area contributed by atoms with Crippen molar-refractivity contribution in [1.29, 1.82) is 0 Å². The third-order valence-electron chi connectivity index (χ3n) is 2.68. The summed E-state index contributed by atoms with van der Waals surface area (Å²) in [6.07, 6.45) is 1.46. The van der Waals surface area contributed by atoms with Crippen LogP contribution >= 0.6 is 11.6 Å². The first-order chi connectivity index (χ1) is 9.06. The molecule has 0 unspecified atom stereocenters. The van der Waals surface area contributed by atoms with Gasteiger partial charge < -0.3 is 5.32 Å². The molecule has 0 aliphatic heterocycles. The molecule has 0 bridgehead atoms. The molecule has 1 aromatic heterocycles. The molecule has 98 valence electrons. The van der Waals surface area contributed by atoms with Crippen LogP contribution in [0.4, 0.5) is 4.39 Å². The van der Waals surface area contributed by atoms with Gasteiger partial charge >= 0.3 is 0 Å². The molecule has 1 N–H and O–H groups in total. The van der Waals surface area contributed by atoms with Crippen LogP contribution in [0.2, 0.25) is 5.15 Å². The first-order valence-corrected chi connectivity index (χ1v) is 6.09. The van der Waals surface area contributed by atoms with Crippen LogP contribution in [-0.2, 0) is 6.54 Å². The van der Waals surface area contributed by atoms with Gasteiger partial charge in [-0.25, -0.2) is 9.37 Å². The summed E-state index contributed by atoms with van der Waals surface area (Å²) in [6.45, 7) is 1.95. The molecule has 2 rings (SSSR count). The van der Waals surface area contributed by atoms with Crippen molar-refractivity contribution in [2.45, 2.75) is 13.5 Å². The molecular formula is C14H12ClFN2O. The second-order valence-electron chi connectivity index (χ2n) is 4.13. The second-order valence-corrected chi connectivity index (χ2v) is 4.52. The van der Waals surface area contributed by atoms with E-state index in [9.17, 15) is 9.18 Å². The number of benzene rings is 1. The predicted octanol–water partition coefficient (Wildman–Crippen LogP) is 3.11. The van der Waals surface area contributed by atoms with E-state index >= 15 is 0 Å². The number of nitrogens with one attached hydrogen (secondary N) is 1. The number of amides is 1. The molecule has 2 aromatic rings. The maximum Gasteiger partial charge on any atom is 0.251 e. The summed E-state index contributed by atoms with van der Waals surface area (Å²) >= 11 is 5.70. The fourth-order valence-electron chi connectivity index (χ4n) is 1.57. The van der Waals surface area contributed by atoms with Crippen LogP contribution < -0.4 is 5.32 Å². The molecule has 0 fully saturated rings. The number of carbonyl (C=O) groups is 1. The molecule has 3 nitrogen and oxygen atoms in total. The molecule has 1 aromatic carbocycles. The maximum absolute atomic E-state index is 13.3. The normalized spacial score (nSPS) is 10.3. The van der Waals surface area contributed by atoms with Crippen LogP contribution in [0.1, 0.15) is 21.5 Å². The molecule has 0 aliphatic carbocycles. The first kappa shape index (κ1) is 13.5. The lowest BCUT2D eigenvalue weighted by molar-refractivity contribution is 0.0950. The standard InChI is InChI=1S/C14H12ClFN2O/c1-9-2-3-10(6-12(9)16)8-18-14(19)11-4-5-17-13(15)7-11/h2-7H,8H2,1H3,(H,18,19). The highest BCUT2D eigenvalue weighted by Crippen LogP contribution is 2.10. The van der Waals surface area contributed by atoms with Crippen molar-refractivity contribution in [3.8, 4) is 0 Å². The van der Waals surface area contributed by atoms with Crippen LogP contribution in [0.25, 0.3) is 0 Å². The number of aryl methyl sites for hydroxylation is 1. The monoisotopic (exact) mass is 278 g/mol. The van der Waals surface area contributed by atoms with Crippen molar-refractivity contribution in [3.05, 3.63) is 64.2 Å². The summed E-state index contributed by atoms with van der Waals surface area (Å²) in [5.74, 6) is -0.552. The van der Waals surface area contributed by atoms with Gasteiger partial charge in [0.05, 0.1) is 0 Å². The van der Waals surface area contributed by atoms with Gasteiger partial charge in [-0.15, -0.1) is 0 Å². The SMILES string of the molecule is Cc1ccc(CNC(=O)c2ccnc(Cl)c2)cc1F. The van der Waals surface area contributed by atoms with Crippen LogP contribution in [0.15, 0.2) is 36.5 Å². The molecule has 0 saturated carbocycles. The van der Waals surface area contributed by atoms with Gasteiger partial charge in [0.1, 0.15) is 11.0 Å². The average Bonchev–Trinajstić information content (AvgIpc) is 2.40. The second kappa shape index (κ2) is 5.80. The summed E-state index contributed by atoms with van der Waals surface area (Å²) in [5, 5.41) is 2.96. The molecule has 1 amide bonds. The Morgan fingerprint density at radius 3 is 2.84 bits per heavy atom. The highest BCUT2D eigenvalue weighted by atomic mass is 35.5. The van der Waals surface area contributed by atoms with Gasteiger partial charge in [-0.05, 0) is 36.2 Å². The van der Waals surface area contributed by atoms with Crippen LogP contribution in [0, 0.1) is 12.7 Å². The van der Waals surface area contributed by atoms with E-state index in [4.69, 9.17) is 11.6 Å². The number of carbonyl (C=O) groups excluding carboxylic acids is 1. The Labute approximate surface area is 115 Å². The molecule has 0 atom stereocenters. The van der Waals surface area contributed by atoms with Gasteiger partial charge in [0.15, 0.2) is 0 Å². The Morgan fingerprint density at radius 1 is 1.37 bits per heavy atom. The van der Waals surface area contributed by atoms with E-state index in [0.717, 1.165) is 0 Å². The number of halogens is 2. The third kappa shape index (κ3) is 3.51. The maximum atomic E-state index is 13.3. The average molecular weight is 279 g/mol. The van der Waals surface area contributed by atoms with Gasteiger partial charge in [0.2, 0.25) is 0 Å². The molecule has 0 aliphatic rings. The minimum atomic E-state index is -0.279. The zero-order valence-corrected chi connectivity index (χ0v) is 11.0. The molecule has 19 heavy (non-hydrogen) atoms. The van der Waals surface area contributed by atoms with Crippen molar-refractivity contribution < 1.29 is 9.18 Å². The zero-order chi connectivity index (χ0) is 13.8. The van der Waals surface area contributed by atoms with E-state index in [1.54, 1.807) is 25.1 Å². The minimum Gasteiger partial charge on any atom is -0.348 e. The van der Waals surface area contributed by atoms with Crippen molar-refractivity contribution in [1.82, 2.24) is 10.3 Å². The van der Waals surface area contributed by atoms with Crippen molar-refractivity contribution >= 4 is 17.5 Å². The van der Waals surface area contributed by atoms with Gasteiger partial charge in [0, 0.05) is 18.3 Å². The fourth-order valence-corrected chi connectivity index (χ4v) is 1.75. The van der Waals surface area contributed by atoms with Crippen LogP contribution in [0.5, 0.6) is 0 Å². The summed E-state index contributed by atoms with van der Waals surface area (Å²) in [7, 11) is 0. The number of pyridine rings is 1. The summed E-state index contributed by atoms with van der Waals surface area (Å²) in [4.78, 5) is 15.6. The molecule has 0 saturated heterocycles. The Morgan fingerprint density at radius 2 is 2.16 bits per heavy atom. The molecular weight excluding hydrogens is 267 g/mol. The Kier molecular flexibility index (Phi) is 4.12. The molecule has 0 spiro atoms. The minimum absolute atomic E-state index is 0.258. The number of aromatic nitrogens is 1. The quantitative estimate of drug-likeness (QED) is 0.877. The largest absolute Gasteiger partial charge is 0.348 e. The summed E-state index contributed by atoms with van der Waals surface area (Å²) in [5.41, 5.74) is 1.71. The van der Waals surface area contributed by atoms with Crippen molar-refractivity contribution in [2.75, 3.05) is 0 Å². The summed E-state index contributed by atoms with van der Waals surface area (Å²) in [6, 6.07) is 7.91. The Hall–Kier alpha value is -1.94. The van der Waals surface area contributed by atoms with Gasteiger partial charge in [-0.2, -0.15) is 0 Å². The van der Waals surface area contributed by atoms with E-state index < -0.39 is 0 Å². The first-order valence-electron chi connectivity index (χ1n) is 5.71. The molecule has 1 heterocycles. The predicted molar refractivity (Wildman–Crippen MR) is 71.6 cm³/mol. The Balaban J connectivity index is 2.02. The lowest BCUT2D eigenvalue weighted by atomic mass is 10.1. The van der Waals surface area contributed by atoms with E-state index in [1.165, 1.54) is 18.3 Å². The Bertz CT molecular complexity index is 616. The third-order valence-corrected chi connectivity index (χ3v) is 2.88. The lowest BCUT2D eigenvalue weighted by Gasteiger charge is -2.06. The van der Waals surface area contributed by atoms with Gasteiger partial charge in [-0.1, -0.05) is 23.7 Å². The van der Waals surface area contributed by atoms with E-state index in [0.29, 0.717) is 16.7 Å².